The molecule has 209 valence electrons. The number of aryl methyl sites for hydroxylation is 1. The number of anilines is 4. The second kappa shape index (κ2) is 12.1. The summed E-state index contributed by atoms with van der Waals surface area (Å²) in [5.41, 5.74) is -0.156. The van der Waals surface area contributed by atoms with E-state index in [2.05, 4.69) is 42.9 Å². The summed E-state index contributed by atoms with van der Waals surface area (Å²) in [5.74, 6) is -2.33. The minimum Gasteiger partial charge on any atom is -0.396 e. The Morgan fingerprint density at radius 2 is 1.85 bits per heavy atom. The van der Waals surface area contributed by atoms with Crippen LogP contribution in [0.15, 0.2) is 48.9 Å². The highest BCUT2D eigenvalue weighted by molar-refractivity contribution is 5.98. The number of rotatable bonds is 10. The Balaban J connectivity index is 1.68. The third-order valence-corrected chi connectivity index (χ3v) is 5.69. The van der Waals surface area contributed by atoms with Gasteiger partial charge in [0, 0.05) is 38.2 Å². The van der Waals surface area contributed by atoms with Gasteiger partial charge in [-0.05, 0) is 49.6 Å². The molecule has 1 radical (unpaired) electrons. The van der Waals surface area contributed by atoms with Crippen LogP contribution in [0.5, 0.6) is 0 Å². The van der Waals surface area contributed by atoms with Gasteiger partial charge in [-0.1, -0.05) is 6.07 Å². The molecular formula is C26H25F4N8O2. The average molecular weight is 558 g/mol. The summed E-state index contributed by atoms with van der Waals surface area (Å²) in [4.78, 5) is 24.6. The van der Waals surface area contributed by atoms with Gasteiger partial charge >= 0.3 is 6.18 Å². The Bertz CT molecular complexity index is 1510. The molecule has 4 aromatic rings. The molecule has 10 nitrogen and oxygen atoms in total. The molecule has 14 heteroatoms. The molecule has 0 spiro atoms. The molecule has 4 rings (SSSR count). The fourth-order valence-corrected chi connectivity index (χ4v) is 3.67. The van der Waals surface area contributed by atoms with E-state index in [9.17, 15) is 22.4 Å². The van der Waals surface area contributed by atoms with E-state index >= 15 is 0 Å². The topological polar surface area (TPSA) is 130 Å². The Hall–Kier alpha value is -4.59. The van der Waals surface area contributed by atoms with Gasteiger partial charge in [-0.2, -0.15) is 23.3 Å². The minimum atomic E-state index is -4.84. The third kappa shape index (κ3) is 6.69. The molecule has 0 unspecified atom stereocenters. The zero-order chi connectivity index (χ0) is 28.9. The van der Waals surface area contributed by atoms with Gasteiger partial charge in [0.2, 0.25) is 5.95 Å². The smallest absolute Gasteiger partial charge is 0.396 e. The van der Waals surface area contributed by atoms with Gasteiger partial charge in [0.25, 0.3) is 5.91 Å². The number of halogens is 4. The predicted molar refractivity (Wildman–Crippen MR) is 140 cm³/mol. The van der Waals surface area contributed by atoms with Crippen LogP contribution in [-0.4, -0.2) is 49.4 Å². The summed E-state index contributed by atoms with van der Waals surface area (Å²) in [7, 11) is 1.36. The lowest BCUT2D eigenvalue weighted by atomic mass is 10.1. The molecule has 3 heterocycles. The number of hydrogen-bond donors (Lipinski definition) is 4. The quantitative estimate of drug-likeness (QED) is 0.163. The molecule has 1 amide bonds. The third-order valence-electron chi connectivity index (χ3n) is 5.69. The molecular weight excluding hydrogens is 532 g/mol. The van der Waals surface area contributed by atoms with E-state index in [4.69, 9.17) is 5.11 Å². The lowest BCUT2D eigenvalue weighted by molar-refractivity contribution is -0.137. The van der Waals surface area contributed by atoms with E-state index in [0.717, 1.165) is 6.07 Å². The van der Waals surface area contributed by atoms with Gasteiger partial charge in [-0.15, -0.1) is 0 Å². The van der Waals surface area contributed by atoms with E-state index in [-0.39, 0.29) is 29.6 Å². The Labute approximate surface area is 226 Å². The highest BCUT2D eigenvalue weighted by Crippen LogP contribution is 2.36. The van der Waals surface area contributed by atoms with Crippen LogP contribution in [0.3, 0.4) is 0 Å². The monoisotopic (exact) mass is 557 g/mol. The number of nitrogens with one attached hydrogen (secondary N) is 3. The molecule has 4 N–H and O–H groups in total. The molecule has 0 saturated carbocycles. The summed E-state index contributed by atoms with van der Waals surface area (Å²) in [6.07, 6.45) is 0.302. The Kier molecular flexibility index (Phi) is 8.58. The summed E-state index contributed by atoms with van der Waals surface area (Å²) >= 11 is 0. The number of carbonyl (C=O) groups is 1. The standard InChI is InChI=1S/C26H25F4N8O2/c1-15-5-6-20(18(27)11-15)36-25-32-13-17(26(28,29)30)23(37-25)35-21-8-7-19(34-22(21)24(40)31-2)16-12-33-38(14-16)9-3-4-10-39/h5-8,11-14,39H,1,3-4,9-10H2,2H3,(H,31,40)(H2,32,35,36,37). The second-order valence-electron chi connectivity index (χ2n) is 8.61. The van der Waals surface area contributed by atoms with Crippen molar-refractivity contribution >= 4 is 29.0 Å². The van der Waals surface area contributed by atoms with Crippen LogP contribution in [0.1, 0.15) is 34.5 Å². The molecule has 0 aliphatic rings. The fourth-order valence-electron chi connectivity index (χ4n) is 3.67. The van der Waals surface area contributed by atoms with E-state index in [1.54, 1.807) is 17.1 Å². The molecule has 0 aliphatic heterocycles. The van der Waals surface area contributed by atoms with Crippen molar-refractivity contribution in [3.63, 3.8) is 0 Å². The van der Waals surface area contributed by atoms with Gasteiger partial charge in [0.15, 0.2) is 5.69 Å². The van der Waals surface area contributed by atoms with Crippen molar-refractivity contribution in [2.24, 2.45) is 0 Å². The van der Waals surface area contributed by atoms with Crippen LogP contribution >= 0.6 is 0 Å². The number of aliphatic hydroxyl groups is 1. The molecule has 3 aromatic heterocycles. The lowest BCUT2D eigenvalue weighted by Crippen LogP contribution is -2.21. The van der Waals surface area contributed by atoms with Crippen LogP contribution < -0.4 is 16.0 Å². The molecule has 0 aliphatic carbocycles. The van der Waals surface area contributed by atoms with Gasteiger partial charge in [0.05, 0.1) is 23.3 Å². The first-order chi connectivity index (χ1) is 19.1. The van der Waals surface area contributed by atoms with Crippen LogP contribution in [0, 0.1) is 12.7 Å². The highest BCUT2D eigenvalue weighted by Gasteiger charge is 2.36. The van der Waals surface area contributed by atoms with E-state index in [1.807, 2.05) is 0 Å². The van der Waals surface area contributed by atoms with E-state index in [0.29, 0.717) is 42.4 Å². The number of amides is 1. The zero-order valence-electron chi connectivity index (χ0n) is 21.3. The largest absolute Gasteiger partial charge is 0.421 e. The van der Waals surface area contributed by atoms with Crippen LogP contribution in [0.25, 0.3) is 11.3 Å². The van der Waals surface area contributed by atoms with Gasteiger partial charge in [0.1, 0.15) is 17.2 Å². The van der Waals surface area contributed by atoms with Crippen LogP contribution in [0.4, 0.5) is 40.7 Å². The van der Waals surface area contributed by atoms with Crippen molar-refractivity contribution in [2.75, 3.05) is 24.3 Å². The minimum absolute atomic E-state index is 0.0545. The fraction of sp³-hybridized carbons (Fsp3) is 0.231. The van der Waals surface area contributed by atoms with Crippen molar-refractivity contribution in [3.8, 4) is 11.3 Å². The molecule has 40 heavy (non-hydrogen) atoms. The number of carbonyl (C=O) groups excluding carboxylic acids is 1. The first kappa shape index (κ1) is 28.4. The Morgan fingerprint density at radius 1 is 1.07 bits per heavy atom. The van der Waals surface area contributed by atoms with Crippen LogP contribution in [-0.2, 0) is 12.7 Å². The summed E-state index contributed by atoms with van der Waals surface area (Å²) in [6.45, 7) is 4.25. The molecule has 0 saturated heterocycles. The molecule has 0 atom stereocenters. The summed E-state index contributed by atoms with van der Waals surface area (Å²) in [5, 5.41) is 20.7. The first-order valence-corrected chi connectivity index (χ1v) is 12.1. The number of pyridine rings is 1. The van der Waals surface area contributed by atoms with Crippen molar-refractivity contribution in [2.45, 2.75) is 25.6 Å². The summed E-state index contributed by atoms with van der Waals surface area (Å²) < 4.78 is 57.4. The SMILES string of the molecule is [CH2]c1ccc(Nc2ncc(C(F)(F)F)c(Nc3ccc(-c4cnn(CCCCO)c4)nc3C(=O)NC)n2)c(F)c1. The maximum absolute atomic E-state index is 14.3. The van der Waals surface area contributed by atoms with Crippen LogP contribution in [0.2, 0.25) is 0 Å². The van der Waals surface area contributed by atoms with Crippen molar-refractivity contribution in [1.29, 1.82) is 0 Å². The summed E-state index contributed by atoms with van der Waals surface area (Å²) in [6, 6.07) is 6.93. The van der Waals surface area contributed by atoms with Crippen molar-refractivity contribution in [1.82, 2.24) is 30.0 Å². The van der Waals surface area contributed by atoms with E-state index < -0.39 is 29.3 Å². The van der Waals surface area contributed by atoms with Crippen molar-refractivity contribution < 1.29 is 27.5 Å². The number of nitrogens with zero attached hydrogens (tertiary/aromatic N) is 5. The number of hydrogen-bond acceptors (Lipinski definition) is 8. The van der Waals surface area contributed by atoms with Gasteiger partial charge < -0.3 is 21.1 Å². The predicted octanol–water partition coefficient (Wildman–Crippen LogP) is 4.69. The maximum atomic E-state index is 14.3. The molecule has 1 aromatic carbocycles. The molecule has 0 bridgehead atoms. The molecule has 0 fully saturated rings. The number of unbranched alkanes of at least 4 members (excludes halogenated alkanes) is 1. The normalized spacial score (nSPS) is 11.4. The lowest BCUT2D eigenvalue weighted by Gasteiger charge is -2.17. The van der Waals surface area contributed by atoms with E-state index in [1.165, 1.54) is 31.3 Å². The highest BCUT2D eigenvalue weighted by atomic mass is 19.4. The average Bonchev–Trinajstić information content (AvgIpc) is 3.38. The zero-order valence-corrected chi connectivity index (χ0v) is 21.3. The number of alkyl halides is 3. The number of aliphatic hydroxyl groups excluding tert-OH is 1. The Morgan fingerprint density at radius 3 is 2.55 bits per heavy atom. The first-order valence-electron chi connectivity index (χ1n) is 12.1. The van der Waals surface area contributed by atoms with Gasteiger partial charge in [-0.3, -0.25) is 9.48 Å². The second-order valence-corrected chi connectivity index (χ2v) is 8.61. The maximum Gasteiger partial charge on any atom is 0.421 e. The number of aromatic nitrogens is 5. The van der Waals surface area contributed by atoms with Gasteiger partial charge in [-0.25, -0.2) is 14.4 Å². The van der Waals surface area contributed by atoms with Crippen molar-refractivity contribution in [3.05, 3.63) is 78.5 Å². The number of benzene rings is 1.